The molecule has 0 saturated heterocycles. The van der Waals surface area contributed by atoms with Crippen LogP contribution < -0.4 is 26.8 Å². The van der Waals surface area contributed by atoms with Crippen molar-refractivity contribution >= 4 is 41.1 Å². The van der Waals surface area contributed by atoms with Crippen LogP contribution in [0.15, 0.2) is 29.1 Å². The predicted molar refractivity (Wildman–Crippen MR) is 310 cm³/mol. The van der Waals surface area contributed by atoms with Crippen molar-refractivity contribution in [2.24, 2.45) is 11.8 Å². The topological polar surface area (TPSA) is 240 Å². The van der Waals surface area contributed by atoms with Crippen molar-refractivity contribution in [3.8, 4) is 11.4 Å². The van der Waals surface area contributed by atoms with E-state index in [4.69, 9.17) is 19.2 Å². The largest absolute Gasteiger partial charge is 0.460 e. The highest BCUT2D eigenvalue weighted by molar-refractivity contribution is 5.93. The van der Waals surface area contributed by atoms with Gasteiger partial charge in [0.15, 0.2) is 0 Å². The van der Waals surface area contributed by atoms with E-state index in [0.717, 1.165) is 60.7 Å². The van der Waals surface area contributed by atoms with Gasteiger partial charge in [-0.15, -0.1) is 0 Å². The molecule has 0 saturated carbocycles. The average molecular weight is 1130 g/mol. The smallest absolute Gasteiger partial charge is 0.408 e. The fourth-order valence-corrected chi connectivity index (χ4v) is 11.2. The van der Waals surface area contributed by atoms with Crippen molar-refractivity contribution in [3.05, 3.63) is 73.8 Å². The molecule has 2 aliphatic carbocycles. The highest BCUT2D eigenvalue weighted by Crippen LogP contribution is 2.45. The fourth-order valence-electron chi connectivity index (χ4n) is 11.2. The highest BCUT2D eigenvalue weighted by Gasteiger charge is 2.38. The third kappa shape index (κ3) is 17.0. The van der Waals surface area contributed by atoms with Crippen LogP contribution in [0.2, 0.25) is 0 Å². The van der Waals surface area contributed by atoms with Crippen molar-refractivity contribution in [2.45, 2.75) is 220 Å². The van der Waals surface area contributed by atoms with Gasteiger partial charge in [-0.3, -0.25) is 24.1 Å². The molecule has 448 valence electrons. The van der Waals surface area contributed by atoms with Gasteiger partial charge in [-0.25, -0.2) is 14.2 Å². The minimum Gasteiger partial charge on any atom is -0.460 e. The molecular formula is C62H92FN7O11. The second kappa shape index (κ2) is 29.6. The van der Waals surface area contributed by atoms with Crippen LogP contribution in [-0.4, -0.2) is 118 Å². The Kier molecular flexibility index (Phi) is 23.6. The number of ether oxygens (including phenoxy) is 3. The molecular weight excluding hydrogens is 1040 g/mol. The number of esters is 1. The number of pyridine rings is 2. The first kappa shape index (κ1) is 64.6. The predicted octanol–water partition coefficient (Wildman–Crippen LogP) is 8.59. The number of unbranched alkanes of at least 4 members (excludes halogenated alkanes) is 3. The van der Waals surface area contributed by atoms with E-state index >= 15 is 4.39 Å². The molecule has 0 spiro atoms. The van der Waals surface area contributed by atoms with Gasteiger partial charge in [0.25, 0.3) is 5.56 Å². The van der Waals surface area contributed by atoms with Gasteiger partial charge in [0, 0.05) is 54.6 Å². The number of hydrogen-bond acceptors (Lipinski definition) is 14. The van der Waals surface area contributed by atoms with Gasteiger partial charge < -0.3 is 55.1 Å². The summed E-state index contributed by atoms with van der Waals surface area (Å²) in [7, 11) is 1.98. The first-order valence-electron chi connectivity index (χ1n) is 29.6. The lowest BCUT2D eigenvalue weighted by molar-refractivity contribution is -0.148. The second-order valence-corrected chi connectivity index (χ2v) is 24.1. The molecule has 81 heavy (non-hydrogen) atoms. The van der Waals surface area contributed by atoms with Crippen molar-refractivity contribution in [2.75, 3.05) is 33.5 Å². The van der Waals surface area contributed by atoms with Gasteiger partial charge in [0.1, 0.15) is 31.0 Å². The fraction of sp³-hybridized carbons (Fsp3) is 0.661. The third-order valence-corrected chi connectivity index (χ3v) is 16.7. The summed E-state index contributed by atoms with van der Waals surface area (Å²) in [5.41, 5.74) is 5.34. The van der Waals surface area contributed by atoms with E-state index in [-0.39, 0.29) is 78.4 Å². The van der Waals surface area contributed by atoms with E-state index in [0.29, 0.717) is 117 Å². The second-order valence-electron chi connectivity index (χ2n) is 24.1. The molecule has 0 bridgehead atoms. The Balaban J connectivity index is 0.000000787. The standard InChI is InChI=1S/C52H69FN6O10.C10H23NO/c1-5-30(3)49(64)58(29-61)23-13-7-8-17-44(62)55-33(27-60)15-11-12-22-54-48(63)32-14-9-10-16-34(19-18-32)69-52(67)57-41-21-20-36-31(4)40(53)25-42-45(36)46(41)38-26-59-43(47(38)56-42)24-37-35(6-2)51(66)68-28-39(37)50(59)65;1-9(2,3)12-8-7-10(4,5)11-6/h10,16,24-25,27,30,32-35,41,49,61,64H,5-9,11-15,17-23,26,28-29H2,1-4H3,(H,54,63)(H,55,62)(H,57,67);11H,7-8H2,1-6H3/b16-10+;. The van der Waals surface area contributed by atoms with Crippen LogP contribution in [0.25, 0.3) is 22.3 Å². The van der Waals surface area contributed by atoms with Gasteiger partial charge in [0.05, 0.1) is 59.3 Å². The van der Waals surface area contributed by atoms with E-state index in [9.17, 15) is 39.0 Å². The summed E-state index contributed by atoms with van der Waals surface area (Å²) >= 11 is 0. The summed E-state index contributed by atoms with van der Waals surface area (Å²) in [5, 5.41) is 32.9. The number of rotatable bonds is 25. The zero-order chi connectivity index (χ0) is 59.2. The number of carbonyl (C=O) groups is 5. The molecule has 7 rings (SSSR count). The Labute approximate surface area is 478 Å². The molecule has 2 aromatic heterocycles. The summed E-state index contributed by atoms with van der Waals surface area (Å²) in [5.74, 6) is -1.87. The number of fused-ring (bicyclic) bond motifs is 5. The third-order valence-electron chi connectivity index (χ3n) is 16.7. The Morgan fingerprint density at radius 3 is 2.47 bits per heavy atom. The summed E-state index contributed by atoms with van der Waals surface area (Å²) < 4.78 is 34.0. The number of cyclic esters (lactones) is 1. The van der Waals surface area contributed by atoms with E-state index in [1.807, 2.05) is 46.0 Å². The molecule has 7 atom stereocenters. The number of aliphatic hydroxyl groups excluding tert-OH is 2. The first-order valence-corrected chi connectivity index (χ1v) is 29.6. The van der Waals surface area contributed by atoms with Crippen LogP contribution >= 0.6 is 0 Å². The number of halogens is 1. The Bertz CT molecular complexity index is 2770. The molecule has 2 aliphatic heterocycles. The zero-order valence-corrected chi connectivity index (χ0v) is 49.8. The summed E-state index contributed by atoms with van der Waals surface area (Å²) in [6, 6.07) is 2.11. The summed E-state index contributed by atoms with van der Waals surface area (Å²) in [6.07, 6.45) is 12.1. The molecule has 7 unspecified atom stereocenters. The van der Waals surface area contributed by atoms with E-state index in [1.165, 1.54) is 6.07 Å². The van der Waals surface area contributed by atoms with Gasteiger partial charge in [-0.2, -0.15) is 0 Å². The number of hydrogen-bond donors (Lipinski definition) is 6. The van der Waals surface area contributed by atoms with Crippen molar-refractivity contribution in [1.29, 1.82) is 0 Å². The Morgan fingerprint density at radius 2 is 1.78 bits per heavy atom. The van der Waals surface area contributed by atoms with Crippen LogP contribution in [0.4, 0.5) is 9.18 Å². The normalized spacial score (nSPS) is 20.0. The Morgan fingerprint density at radius 1 is 1.01 bits per heavy atom. The van der Waals surface area contributed by atoms with Crippen molar-refractivity contribution < 1.29 is 52.8 Å². The van der Waals surface area contributed by atoms with E-state index in [2.05, 4.69) is 55.9 Å². The molecule has 3 amide bonds. The average Bonchev–Trinajstić information content (AvgIpc) is 2.77. The number of benzene rings is 1. The summed E-state index contributed by atoms with van der Waals surface area (Å²) in [6.45, 7) is 19.8. The lowest BCUT2D eigenvalue weighted by Crippen LogP contribution is -2.40. The number of aldehydes is 1. The molecule has 4 aliphatic rings. The van der Waals surface area contributed by atoms with Crippen LogP contribution in [-0.2, 0) is 53.0 Å². The van der Waals surface area contributed by atoms with Crippen molar-refractivity contribution in [1.82, 2.24) is 35.7 Å². The SMILES string of the molecule is CCC1C(=O)OCc2c1cc1n(c2=O)Cc2c-1nc1cc(F)c(C)c3c1c2C(NC(=O)OC1/C=C/CCC(C(=O)NCCCCC(C=O)NC(=O)CCCCCN(CO)C(O)C(C)CC)CC1)CC3.CNC(C)(C)CCOC(C)(C)C. The first-order chi connectivity index (χ1) is 38.5. The number of aromatic nitrogens is 2. The van der Waals surface area contributed by atoms with Gasteiger partial charge >= 0.3 is 12.1 Å². The molecule has 1 aromatic carbocycles. The molecule has 4 heterocycles. The molecule has 0 fully saturated rings. The minimum atomic E-state index is -0.710. The quantitative estimate of drug-likeness (QED) is 0.0120. The number of amides is 3. The number of aryl methyl sites for hydroxylation is 1. The maximum atomic E-state index is 15.4. The maximum absolute atomic E-state index is 15.4. The van der Waals surface area contributed by atoms with Gasteiger partial charge in [0.2, 0.25) is 11.8 Å². The van der Waals surface area contributed by atoms with E-state index < -0.39 is 36.4 Å². The number of aliphatic hydroxyl groups is 2. The molecule has 19 heteroatoms. The zero-order valence-electron chi connectivity index (χ0n) is 49.8. The van der Waals surface area contributed by atoms with Crippen LogP contribution in [0, 0.1) is 24.6 Å². The minimum absolute atomic E-state index is 0.0101. The number of carbonyl (C=O) groups excluding carboxylic acids is 5. The van der Waals surface area contributed by atoms with E-state index in [1.54, 1.807) is 16.4 Å². The van der Waals surface area contributed by atoms with Crippen LogP contribution in [0.1, 0.15) is 197 Å². The van der Waals surface area contributed by atoms with Crippen molar-refractivity contribution in [3.63, 3.8) is 0 Å². The molecule has 6 N–H and O–H groups in total. The Hall–Kier alpha value is -5.60. The number of allylic oxidation sites excluding steroid dienone is 1. The highest BCUT2D eigenvalue weighted by atomic mass is 19.1. The number of nitrogens with one attached hydrogen (secondary N) is 4. The lowest BCUT2D eigenvalue weighted by atomic mass is 9.81. The summed E-state index contributed by atoms with van der Waals surface area (Å²) in [4.78, 5) is 84.6. The maximum Gasteiger partial charge on any atom is 0.408 e. The van der Waals surface area contributed by atoms with Gasteiger partial charge in [-0.05, 0) is 179 Å². The number of nitrogens with zero attached hydrogens (tertiary/aromatic N) is 3. The number of alkyl carbamates (subject to hydrolysis) is 1. The molecule has 3 aromatic rings. The molecule has 0 radical (unpaired) electrons. The van der Waals surface area contributed by atoms with Crippen LogP contribution in [0.5, 0.6) is 0 Å². The monoisotopic (exact) mass is 1130 g/mol. The molecule has 18 nitrogen and oxygen atoms in total. The lowest BCUT2D eigenvalue weighted by Gasteiger charge is -2.30. The van der Waals surface area contributed by atoms with Crippen LogP contribution in [0.3, 0.4) is 0 Å². The van der Waals surface area contributed by atoms with Gasteiger partial charge in [-0.1, -0.05) is 33.3 Å².